The number of nitrogens with zero attached hydrogens (tertiary/aromatic N) is 4. The van der Waals surface area contributed by atoms with Crippen molar-refractivity contribution in [1.29, 1.82) is 5.26 Å². The van der Waals surface area contributed by atoms with E-state index in [0.717, 1.165) is 83.9 Å². The third kappa shape index (κ3) is 12.2. The Morgan fingerprint density at radius 2 is 0.573 bits per heavy atom. The van der Waals surface area contributed by atoms with Gasteiger partial charge < -0.3 is 19.8 Å². The normalized spacial score (nSPS) is 11.5. The molecule has 0 unspecified atom stereocenters. The Hall–Kier alpha value is -10.0. The van der Waals surface area contributed by atoms with Gasteiger partial charge in [-0.15, -0.1) is 11.3 Å². The minimum Gasteiger partial charge on any atom is -0.477 e. The summed E-state index contributed by atoms with van der Waals surface area (Å²) in [5, 5.41) is 18.5. The van der Waals surface area contributed by atoms with Gasteiger partial charge in [0.25, 0.3) is 0 Å². The number of thiophene rings is 1. The average Bonchev–Trinajstić information content (AvgIpc) is 3.93. The molecule has 75 heavy (non-hydrogen) atoms. The van der Waals surface area contributed by atoms with Crippen molar-refractivity contribution in [2.45, 2.75) is 0 Å². The van der Waals surface area contributed by atoms with E-state index in [-0.39, 0.29) is 5.57 Å². The molecular weight excluding hydrogens is 937 g/mol. The van der Waals surface area contributed by atoms with Crippen molar-refractivity contribution in [3.05, 3.63) is 298 Å². The van der Waals surface area contributed by atoms with Crippen LogP contribution in [0.25, 0.3) is 42.5 Å². The Morgan fingerprint density at radius 1 is 0.333 bits per heavy atom. The molecule has 10 aromatic rings. The molecular formula is C68H50N4O2S. The van der Waals surface area contributed by atoms with E-state index < -0.39 is 5.97 Å². The van der Waals surface area contributed by atoms with Crippen LogP contribution >= 0.6 is 11.3 Å². The maximum absolute atomic E-state index is 11.4. The summed E-state index contributed by atoms with van der Waals surface area (Å²) in [5.41, 5.74) is 14.7. The first-order chi connectivity index (χ1) is 36.9. The Bertz CT molecular complexity index is 3380. The van der Waals surface area contributed by atoms with Crippen LogP contribution in [0.4, 0.5) is 51.2 Å². The van der Waals surface area contributed by atoms with Crippen LogP contribution in [-0.2, 0) is 4.79 Å². The number of hydrogen-bond donors (Lipinski definition) is 1. The second-order valence-corrected chi connectivity index (χ2v) is 18.7. The van der Waals surface area contributed by atoms with Gasteiger partial charge in [0.15, 0.2) is 0 Å². The van der Waals surface area contributed by atoms with Crippen molar-refractivity contribution in [3.63, 3.8) is 0 Å². The van der Waals surface area contributed by atoms with Gasteiger partial charge in [-0.2, -0.15) is 5.26 Å². The van der Waals surface area contributed by atoms with E-state index in [1.54, 1.807) is 6.07 Å². The minimum absolute atomic E-state index is 0.293. The van der Waals surface area contributed by atoms with Gasteiger partial charge in [-0.05, 0) is 161 Å². The van der Waals surface area contributed by atoms with Crippen LogP contribution in [0.3, 0.4) is 0 Å². The summed E-state index contributed by atoms with van der Waals surface area (Å²) < 4.78 is 0. The molecule has 9 aromatic carbocycles. The summed E-state index contributed by atoms with van der Waals surface area (Å²) in [6, 6.07) is 90.2. The lowest BCUT2D eigenvalue weighted by atomic mass is 10.1. The van der Waals surface area contributed by atoms with E-state index in [9.17, 15) is 15.2 Å². The van der Waals surface area contributed by atoms with Gasteiger partial charge in [0.2, 0.25) is 0 Å². The van der Waals surface area contributed by atoms with E-state index in [0.29, 0.717) is 4.88 Å². The molecule has 0 aliphatic heterocycles. The van der Waals surface area contributed by atoms with Crippen LogP contribution < -0.4 is 14.7 Å². The van der Waals surface area contributed by atoms with Crippen LogP contribution in [0, 0.1) is 11.3 Å². The molecule has 0 bridgehead atoms. The molecule has 0 saturated heterocycles. The van der Waals surface area contributed by atoms with Crippen molar-refractivity contribution in [3.8, 4) is 6.07 Å². The Balaban J connectivity index is 0.884. The van der Waals surface area contributed by atoms with Crippen molar-refractivity contribution in [2.75, 3.05) is 14.7 Å². The van der Waals surface area contributed by atoms with Crippen LogP contribution in [0.5, 0.6) is 0 Å². The number of carboxylic acid groups (broad SMARTS) is 1. The molecule has 0 amide bonds. The molecule has 360 valence electrons. The molecule has 0 atom stereocenters. The van der Waals surface area contributed by atoms with E-state index in [4.69, 9.17) is 0 Å². The molecule has 0 spiro atoms. The zero-order chi connectivity index (χ0) is 51.2. The maximum atomic E-state index is 11.4. The van der Waals surface area contributed by atoms with Gasteiger partial charge in [-0.3, -0.25) is 0 Å². The SMILES string of the molecule is N#C/C(=C\c1ccc(/C=C/c2ccc(N(c3ccc(/C=C/c4ccc(N(c5ccccc5)c5ccccc5)cc4)cc3)c3ccc(/C=C/c4ccc(N(c5ccccc5)c5ccccc5)cc4)cc3)cc2)s1)C(=O)O. The van der Waals surface area contributed by atoms with Crippen molar-refractivity contribution >= 4 is 111 Å². The van der Waals surface area contributed by atoms with E-state index >= 15 is 0 Å². The van der Waals surface area contributed by atoms with Gasteiger partial charge >= 0.3 is 5.97 Å². The molecule has 1 heterocycles. The second kappa shape index (κ2) is 23.5. The number of anilines is 9. The maximum Gasteiger partial charge on any atom is 0.346 e. The smallest absolute Gasteiger partial charge is 0.346 e. The topological polar surface area (TPSA) is 70.8 Å². The van der Waals surface area contributed by atoms with Gasteiger partial charge in [0.1, 0.15) is 11.6 Å². The van der Waals surface area contributed by atoms with Gasteiger partial charge in [0.05, 0.1) is 0 Å². The predicted molar refractivity (Wildman–Crippen MR) is 316 cm³/mol. The van der Waals surface area contributed by atoms with E-state index in [1.807, 2.05) is 48.6 Å². The Morgan fingerprint density at radius 3 is 0.827 bits per heavy atom. The van der Waals surface area contributed by atoms with Crippen molar-refractivity contribution in [2.24, 2.45) is 0 Å². The fourth-order valence-electron chi connectivity index (χ4n) is 8.71. The lowest BCUT2D eigenvalue weighted by molar-refractivity contribution is -0.132. The molecule has 10 rings (SSSR count). The molecule has 0 fully saturated rings. The first kappa shape index (κ1) is 48.6. The quantitative estimate of drug-likeness (QED) is 0.0557. The molecule has 0 aliphatic carbocycles. The lowest BCUT2D eigenvalue weighted by Crippen LogP contribution is -2.09. The van der Waals surface area contributed by atoms with Crippen LogP contribution in [0.1, 0.15) is 37.6 Å². The summed E-state index contributed by atoms with van der Waals surface area (Å²) >= 11 is 1.42. The minimum atomic E-state index is -1.24. The number of rotatable bonds is 17. The first-order valence-corrected chi connectivity index (χ1v) is 25.4. The number of carboxylic acids is 1. The third-order valence-electron chi connectivity index (χ3n) is 12.5. The molecule has 1 N–H and O–H groups in total. The highest BCUT2D eigenvalue weighted by Gasteiger charge is 2.15. The van der Waals surface area contributed by atoms with Gasteiger partial charge in [-0.25, -0.2) is 4.79 Å². The Labute approximate surface area is 442 Å². The van der Waals surface area contributed by atoms with Crippen LogP contribution in [-0.4, -0.2) is 11.1 Å². The number of nitriles is 1. The number of carbonyl (C=O) groups is 1. The largest absolute Gasteiger partial charge is 0.477 e. The highest BCUT2D eigenvalue weighted by Crippen LogP contribution is 2.38. The van der Waals surface area contributed by atoms with Gasteiger partial charge in [-0.1, -0.05) is 164 Å². The zero-order valence-electron chi connectivity index (χ0n) is 40.8. The van der Waals surface area contributed by atoms with E-state index in [2.05, 4.69) is 257 Å². The highest BCUT2D eigenvalue weighted by atomic mass is 32.1. The fourth-order valence-corrected chi connectivity index (χ4v) is 9.56. The molecule has 7 heteroatoms. The second-order valence-electron chi connectivity index (χ2n) is 17.5. The summed E-state index contributed by atoms with van der Waals surface area (Å²) in [6.45, 7) is 0. The average molecular weight is 987 g/mol. The predicted octanol–water partition coefficient (Wildman–Crippen LogP) is 18.7. The molecule has 0 saturated carbocycles. The van der Waals surface area contributed by atoms with E-state index in [1.165, 1.54) is 17.4 Å². The van der Waals surface area contributed by atoms with Crippen LogP contribution in [0.15, 0.2) is 260 Å². The summed E-state index contributed by atoms with van der Waals surface area (Å²) in [7, 11) is 0. The summed E-state index contributed by atoms with van der Waals surface area (Å²) in [5.74, 6) is -1.24. The molecule has 0 aliphatic rings. The van der Waals surface area contributed by atoms with Gasteiger partial charge in [0, 0.05) is 60.9 Å². The summed E-state index contributed by atoms with van der Waals surface area (Å²) in [6.07, 6.45) is 14.0. The number of benzene rings is 9. The molecule has 0 radical (unpaired) electrons. The van der Waals surface area contributed by atoms with Crippen molar-refractivity contribution in [1.82, 2.24) is 0 Å². The molecule has 6 nitrogen and oxygen atoms in total. The monoisotopic (exact) mass is 986 g/mol. The standard InChI is InChI=1S/C68H50N4O2S/c69-50-56(68(73)74)49-67-48-47-66(75-67)46-35-55-33-44-65(45-34-55)72(63-40-29-53(30-41-63)23-21-51-25-36-61(37-26-51)70(57-13-5-1-6-14-57)58-15-7-2-8-16-58)64-42-31-54(32-43-64)24-22-52-27-38-62(39-28-52)71(59-17-9-3-10-18-59)60-19-11-4-12-20-60/h1-49H,(H,73,74)/b23-21+,24-22+,46-35+,56-49+. The number of hydrogen-bond acceptors (Lipinski definition) is 6. The lowest BCUT2D eigenvalue weighted by Gasteiger charge is -2.26. The van der Waals surface area contributed by atoms with Crippen LogP contribution in [0.2, 0.25) is 0 Å². The number of aliphatic carboxylic acids is 1. The Kier molecular flexibility index (Phi) is 15.2. The number of para-hydroxylation sites is 4. The molecule has 1 aromatic heterocycles. The fraction of sp³-hybridized carbons (Fsp3) is 0. The zero-order valence-corrected chi connectivity index (χ0v) is 41.7. The van der Waals surface area contributed by atoms with Crippen molar-refractivity contribution < 1.29 is 9.90 Å². The first-order valence-electron chi connectivity index (χ1n) is 24.5. The highest BCUT2D eigenvalue weighted by molar-refractivity contribution is 7.13. The third-order valence-corrected chi connectivity index (χ3v) is 13.5. The summed E-state index contributed by atoms with van der Waals surface area (Å²) in [4.78, 5) is 19.8.